The van der Waals surface area contributed by atoms with E-state index in [4.69, 9.17) is 0 Å². The molecule has 5 rings (SSSR count). The van der Waals surface area contributed by atoms with Gasteiger partial charge in [-0.05, 0) is 61.2 Å². The normalized spacial score (nSPS) is 54.6. The molecular weight excluding hydrogens is 288 g/mol. The van der Waals surface area contributed by atoms with Gasteiger partial charge in [0, 0.05) is 11.3 Å². The van der Waals surface area contributed by atoms with Crippen LogP contribution in [-0.2, 0) is 4.79 Å². The van der Waals surface area contributed by atoms with Gasteiger partial charge in [-0.2, -0.15) is 0 Å². The van der Waals surface area contributed by atoms with Gasteiger partial charge in [0.25, 0.3) is 0 Å². The van der Waals surface area contributed by atoms with Crippen LogP contribution in [0.25, 0.3) is 0 Å². The van der Waals surface area contributed by atoms with E-state index in [-0.39, 0.29) is 34.1 Å². The average molecular weight is 318 g/mol. The summed E-state index contributed by atoms with van der Waals surface area (Å²) in [6.45, 7) is 10.9. The number of carbonyl (C=O) groups excluding carboxylic acids is 1. The van der Waals surface area contributed by atoms with Gasteiger partial charge in [0.1, 0.15) is 6.10 Å². The van der Waals surface area contributed by atoms with Crippen molar-refractivity contribution in [1.29, 1.82) is 0 Å². The molecule has 128 valence electrons. The summed E-state index contributed by atoms with van der Waals surface area (Å²) in [5.74, 6) is 0.841. The molecule has 0 heterocycles. The molecule has 7 atom stereocenters. The van der Waals surface area contributed by atoms with Crippen LogP contribution in [0.15, 0.2) is 12.2 Å². The second-order valence-corrected chi connectivity index (χ2v) is 9.67. The van der Waals surface area contributed by atoms with E-state index in [9.17, 15) is 15.0 Å². The first-order chi connectivity index (χ1) is 10.6. The van der Waals surface area contributed by atoms with Crippen LogP contribution in [0.5, 0.6) is 0 Å². The molecule has 0 aliphatic heterocycles. The highest BCUT2D eigenvalue weighted by molar-refractivity contribution is 5.92. The minimum Gasteiger partial charge on any atom is -0.393 e. The van der Waals surface area contributed by atoms with Gasteiger partial charge >= 0.3 is 0 Å². The number of carbonyl (C=O) groups is 1. The van der Waals surface area contributed by atoms with Crippen molar-refractivity contribution >= 4 is 5.78 Å². The van der Waals surface area contributed by atoms with Crippen molar-refractivity contribution < 1.29 is 15.0 Å². The molecule has 23 heavy (non-hydrogen) atoms. The molecule has 0 saturated heterocycles. The summed E-state index contributed by atoms with van der Waals surface area (Å²) in [6, 6.07) is 0. The van der Waals surface area contributed by atoms with Crippen molar-refractivity contribution in [3.63, 3.8) is 0 Å². The molecule has 5 aliphatic carbocycles. The molecule has 0 aromatic heterocycles. The topological polar surface area (TPSA) is 57.5 Å². The number of hydrogen-bond donors (Lipinski definition) is 2. The van der Waals surface area contributed by atoms with Crippen LogP contribution in [0.3, 0.4) is 0 Å². The van der Waals surface area contributed by atoms with E-state index in [1.165, 1.54) is 0 Å². The monoisotopic (exact) mass is 318 g/mol. The summed E-state index contributed by atoms with van der Waals surface area (Å²) in [5, 5.41) is 21.0. The van der Waals surface area contributed by atoms with Crippen LogP contribution in [0.2, 0.25) is 0 Å². The Morgan fingerprint density at radius 2 is 1.78 bits per heavy atom. The Labute approximate surface area is 139 Å². The van der Waals surface area contributed by atoms with E-state index >= 15 is 0 Å². The van der Waals surface area contributed by atoms with Crippen LogP contribution in [0, 0.1) is 34.0 Å². The smallest absolute Gasteiger partial charge is 0.168 e. The molecule has 3 heteroatoms. The third kappa shape index (κ3) is 1.71. The lowest BCUT2D eigenvalue weighted by Gasteiger charge is -2.68. The van der Waals surface area contributed by atoms with E-state index in [0.717, 1.165) is 44.1 Å². The number of aliphatic hydroxyl groups excluding tert-OH is 2. The Morgan fingerprint density at radius 3 is 2.48 bits per heavy atom. The fraction of sp³-hybridized carbons (Fsp3) is 0.850. The van der Waals surface area contributed by atoms with E-state index in [2.05, 4.69) is 27.4 Å². The Morgan fingerprint density at radius 1 is 1.09 bits per heavy atom. The molecule has 2 bridgehead atoms. The van der Waals surface area contributed by atoms with Crippen molar-refractivity contribution in [2.45, 2.75) is 71.5 Å². The molecule has 0 amide bonds. The number of rotatable bonds is 0. The quantitative estimate of drug-likeness (QED) is 0.675. The van der Waals surface area contributed by atoms with Crippen molar-refractivity contribution in [3.8, 4) is 0 Å². The number of hydrogen-bond acceptors (Lipinski definition) is 3. The lowest BCUT2D eigenvalue weighted by atomic mass is 9.36. The Hall–Kier alpha value is -0.670. The summed E-state index contributed by atoms with van der Waals surface area (Å²) in [5.41, 5.74) is 0.708. The number of fused-ring (bicyclic) bond motifs is 3. The zero-order valence-corrected chi connectivity index (χ0v) is 14.6. The molecule has 1 spiro atoms. The number of ketones is 1. The largest absolute Gasteiger partial charge is 0.393 e. The van der Waals surface area contributed by atoms with E-state index < -0.39 is 6.10 Å². The standard InChI is InChI=1S/C20H30O3/c1-11-10-20-8-5-13-18(2,3)15(21)6-7-19(13,4)14(20)9-12(11)16(22)17(20)23/h12-16,21-22H,1,5-10H2,2-4H3/t12-,13+,14-,15+,16-,19+,20-/m0/s1. The maximum absolute atomic E-state index is 13.0. The van der Waals surface area contributed by atoms with Crippen LogP contribution in [0.4, 0.5) is 0 Å². The second-order valence-electron chi connectivity index (χ2n) is 9.67. The summed E-state index contributed by atoms with van der Waals surface area (Å²) in [4.78, 5) is 13.0. The maximum atomic E-state index is 13.0. The minimum absolute atomic E-state index is 0.0417. The third-order valence-electron chi connectivity index (χ3n) is 8.55. The van der Waals surface area contributed by atoms with Gasteiger partial charge in [0.05, 0.1) is 6.10 Å². The van der Waals surface area contributed by atoms with Gasteiger partial charge in [-0.3, -0.25) is 4.79 Å². The zero-order valence-electron chi connectivity index (χ0n) is 14.6. The van der Waals surface area contributed by atoms with Gasteiger partial charge in [-0.25, -0.2) is 0 Å². The molecule has 3 nitrogen and oxygen atoms in total. The van der Waals surface area contributed by atoms with Gasteiger partial charge in [0.15, 0.2) is 5.78 Å². The average Bonchev–Trinajstić information content (AvgIpc) is 2.48. The van der Waals surface area contributed by atoms with Crippen LogP contribution < -0.4 is 0 Å². The van der Waals surface area contributed by atoms with E-state index in [1.807, 2.05) is 0 Å². The Bertz CT molecular complexity index is 579. The van der Waals surface area contributed by atoms with E-state index in [1.54, 1.807) is 0 Å². The van der Waals surface area contributed by atoms with Crippen LogP contribution in [0.1, 0.15) is 59.3 Å². The maximum Gasteiger partial charge on any atom is 0.168 e. The zero-order chi connectivity index (χ0) is 16.8. The highest BCUT2D eigenvalue weighted by atomic mass is 16.3. The highest BCUT2D eigenvalue weighted by Crippen LogP contribution is 2.70. The Kier molecular flexibility index (Phi) is 3.09. The van der Waals surface area contributed by atoms with Crippen LogP contribution >= 0.6 is 0 Å². The van der Waals surface area contributed by atoms with Gasteiger partial charge in [0.2, 0.25) is 0 Å². The minimum atomic E-state index is -0.824. The SMILES string of the molecule is C=C1C[C@@]23CC[C@@H]4C(C)(C)[C@H](O)CC[C@@]4(C)[C@@H]2C[C@@H]1[C@H](O)C3=O. The van der Waals surface area contributed by atoms with Crippen LogP contribution in [-0.4, -0.2) is 28.2 Å². The lowest BCUT2D eigenvalue weighted by molar-refractivity contribution is -0.207. The van der Waals surface area contributed by atoms with Crippen molar-refractivity contribution in [2.24, 2.45) is 34.0 Å². The predicted octanol–water partition coefficient (Wildman–Crippen LogP) is 3.10. The summed E-state index contributed by atoms with van der Waals surface area (Å²) in [6.07, 6.45) is 4.28. The van der Waals surface area contributed by atoms with Crippen molar-refractivity contribution in [3.05, 3.63) is 12.2 Å². The highest BCUT2D eigenvalue weighted by Gasteiger charge is 2.68. The molecule has 5 fully saturated rings. The summed E-state index contributed by atoms with van der Waals surface area (Å²) < 4.78 is 0. The third-order valence-corrected chi connectivity index (χ3v) is 8.55. The lowest BCUT2D eigenvalue weighted by Crippen LogP contribution is -2.67. The summed E-state index contributed by atoms with van der Waals surface area (Å²) >= 11 is 0. The number of aliphatic hydroxyl groups is 2. The molecule has 2 N–H and O–H groups in total. The first-order valence-electron chi connectivity index (χ1n) is 9.23. The molecule has 5 saturated carbocycles. The summed E-state index contributed by atoms with van der Waals surface area (Å²) in [7, 11) is 0. The first kappa shape index (κ1) is 15.8. The molecular formula is C20H30O3. The molecule has 0 aromatic rings. The molecule has 0 unspecified atom stereocenters. The van der Waals surface area contributed by atoms with Gasteiger partial charge in [-0.15, -0.1) is 0 Å². The van der Waals surface area contributed by atoms with Gasteiger partial charge < -0.3 is 10.2 Å². The van der Waals surface area contributed by atoms with Gasteiger partial charge in [-0.1, -0.05) is 32.9 Å². The first-order valence-corrected chi connectivity index (χ1v) is 9.23. The number of Topliss-reactive ketones (excluding diaryl/α,β-unsaturated/α-hetero) is 1. The van der Waals surface area contributed by atoms with Crippen molar-refractivity contribution in [1.82, 2.24) is 0 Å². The predicted molar refractivity (Wildman–Crippen MR) is 88.7 cm³/mol. The molecule has 0 radical (unpaired) electrons. The Balaban J connectivity index is 1.80. The van der Waals surface area contributed by atoms with E-state index in [0.29, 0.717) is 11.8 Å². The fourth-order valence-corrected chi connectivity index (χ4v) is 7.28. The molecule has 0 aromatic carbocycles. The van der Waals surface area contributed by atoms with Crippen molar-refractivity contribution in [2.75, 3.05) is 0 Å². The molecule has 5 aliphatic rings. The second kappa shape index (κ2) is 4.49. The fourth-order valence-electron chi connectivity index (χ4n) is 7.28.